The highest BCUT2D eigenvalue weighted by Crippen LogP contribution is 2.41. The van der Waals surface area contributed by atoms with Crippen LogP contribution in [0.3, 0.4) is 0 Å². The van der Waals surface area contributed by atoms with Crippen molar-refractivity contribution < 1.29 is 17.6 Å². The Bertz CT molecular complexity index is 380. The van der Waals surface area contributed by atoms with Gasteiger partial charge in [-0.1, -0.05) is 6.92 Å². The van der Waals surface area contributed by atoms with Crippen LogP contribution < -0.4 is 5.32 Å². The van der Waals surface area contributed by atoms with Crippen LogP contribution >= 0.6 is 27.3 Å². The molecule has 0 amide bonds. The second-order valence-electron chi connectivity index (χ2n) is 3.53. The predicted molar refractivity (Wildman–Crippen MR) is 64.1 cm³/mol. The molecule has 1 aromatic rings. The third kappa shape index (κ3) is 3.20. The number of alkyl halides is 4. The average Bonchev–Trinajstić information content (AvgIpc) is 2.53. The van der Waals surface area contributed by atoms with Gasteiger partial charge in [0.1, 0.15) is 6.04 Å². The first-order valence-corrected chi connectivity index (χ1v) is 6.56. The summed E-state index contributed by atoms with van der Waals surface area (Å²) in [7, 11) is 0. The molecule has 0 aromatic carbocycles. The summed E-state index contributed by atoms with van der Waals surface area (Å²) in [5.74, 6) is -4.08. The van der Waals surface area contributed by atoms with Crippen LogP contribution in [0.15, 0.2) is 9.85 Å². The molecule has 0 aliphatic rings. The van der Waals surface area contributed by atoms with Gasteiger partial charge in [0, 0.05) is 4.88 Å². The maximum absolute atomic E-state index is 13.4. The maximum Gasteiger partial charge on any atom is 0.326 e. The molecule has 0 bridgehead atoms. The van der Waals surface area contributed by atoms with E-state index in [9.17, 15) is 17.6 Å². The van der Waals surface area contributed by atoms with Gasteiger partial charge < -0.3 is 5.32 Å². The van der Waals surface area contributed by atoms with Crippen molar-refractivity contribution in [1.82, 2.24) is 5.32 Å². The van der Waals surface area contributed by atoms with Gasteiger partial charge in [-0.15, -0.1) is 11.3 Å². The van der Waals surface area contributed by atoms with E-state index in [-0.39, 0.29) is 12.1 Å². The standard InChI is InChI=1S/C10H12BrF4NS/c1-3-16-8(10(14,15)9(12)13)6-4-7(11)17-5(6)2/h4,8-9,16H,3H2,1-2H3. The molecule has 1 rings (SSSR count). The van der Waals surface area contributed by atoms with Gasteiger partial charge in [-0.2, -0.15) is 8.78 Å². The second-order valence-corrected chi connectivity index (χ2v) is 6.16. The van der Waals surface area contributed by atoms with Gasteiger partial charge >= 0.3 is 12.3 Å². The number of nitrogens with one attached hydrogen (secondary N) is 1. The van der Waals surface area contributed by atoms with Crippen molar-refractivity contribution in [2.45, 2.75) is 32.2 Å². The largest absolute Gasteiger partial charge is 0.326 e. The van der Waals surface area contributed by atoms with Crippen molar-refractivity contribution in [3.63, 3.8) is 0 Å². The number of rotatable bonds is 5. The molecule has 0 aliphatic heterocycles. The molecule has 0 spiro atoms. The van der Waals surface area contributed by atoms with Gasteiger partial charge in [0.25, 0.3) is 0 Å². The Hall–Kier alpha value is -0.140. The summed E-state index contributed by atoms with van der Waals surface area (Å²) in [6, 6.07) is -0.195. The topological polar surface area (TPSA) is 12.0 Å². The monoisotopic (exact) mass is 333 g/mol. The Morgan fingerprint density at radius 3 is 2.41 bits per heavy atom. The zero-order valence-electron chi connectivity index (χ0n) is 9.24. The summed E-state index contributed by atoms with van der Waals surface area (Å²) in [6.07, 6.45) is -3.69. The van der Waals surface area contributed by atoms with Gasteiger partial charge in [-0.05, 0) is 41.0 Å². The molecule has 1 nitrogen and oxygen atoms in total. The van der Waals surface area contributed by atoms with Crippen LogP contribution in [0.4, 0.5) is 17.6 Å². The molecule has 1 unspecified atom stereocenters. The molecule has 1 heterocycles. The van der Waals surface area contributed by atoms with Crippen molar-refractivity contribution in [1.29, 1.82) is 0 Å². The first kappa shape index (κ1) is 14.9. The summed E-state index contributed by atoms with van der Waals surface area (Å²) in [4.78, 5) is 0.600. The molecule has 7 heteroatoms. The van der Waals surface area contributed by atoms with Gasteiger partial charge in [-0.25, -0.2) is 8.78 Å². The molecule has 0 fully saturated rings. The lowest BCUT2D eigenvalue weighted by Gasteiger charge is -2.27. The second kappa shape index (κ2) is 5.67. The lowest BCUT2D eigenvalue weighted by molar-refractivity contribution is -0.151. The van der Waals surface area contributed by atoms with Crippen molar-refractivity contribution in [2.24, 2.45) is 0 Å². The minimum atomic E-state index is -4.08. The fraction of sp³-hybridized carbons (Fsp3) is 0.600. The van der Waals surface area contributed by atoms with Crippen molar-refractivity contribution >= 4 is 27.3 Å². The first-order valence-electron chi connectivity index (χ1n) is 4.95. The van der Waals surface area contributed by atoms with Crippen LogP contribution in [0.25, 0.3) is 0 Å². The molecule has 1 N–H and O–H groups in total. The lowest BCUT2D eigenvalue weighted by Crippen LogP contribution is -2.42. The normalized spacial score (nSPS) is 14.4. The molecular weight excluding hydrogens is 322 g/mol. The van der Waals surface area contributed by atoms with Crippen LogP contribution in [0.5, 0.6) is 0 Å². The molecular formula is C10H12BrF4NS. The van der Waals surface area contributed by atoms with E-state index in [4.69, 9.17) is 0 Å². The van der Waals surface area contributed by atoms with E-state index in [1.165, 1.54) is 17.4 Å². The summed E-state index contributed by atoms with van der Waals surface area (Å²) in [6.45, 7) is 3.43. The van der Waals surface area contributed by atoms with E-state index < -0.39 is 18.4 Å². The number of hydrogen-bond donors (Lipinski definition) is 1. The van der Waals surface area contributed by atoms with Crippen molar-refractivity contribution in [2.75, 3.05) is 6.54 Å². The highest BCUT2D eigenvalue weighted by Gasteiger charge is 2.49. The maximum atomic E-state index is 13.4. The Morgan fingerprint density at radius 1 is 1.47 bits per heavy atom. The molecule has 0 saturated heterocycles. The number of thiophene rings is 1. The van der Waals surface area contributed by atoms with Gasteiger partial charge in [0.2, 0.25) is 0 Å². The number of hydrogen-bond acceptors (Lipinski definition) is 2. The Morgan fingerprint density at radius 2 is 2.06 bits per heavy atom. The molecule has 0 saturated carbocycles. The smallest absolute Gasteiger partial charge is 0.305 e. The average molecular weight is 334 g/mol. The van der Waals surface area contributed by atoms with E-state index >= 15 is 0 Å². The lowest BCUT2D eigenvalue weighted by atomic mass is 10.0. The zero-order valence-corrected chi connectivity index (χ0v) is 11.6. The van der Waals surface area contributed by atoms with Crippen molar-refractivity contribution in [3.05, 3.63) is 20.3 Å². The fourth-order valence-electron chi connectivity index (χ4n) is 1.53. The molecule has 0 aliphatic carbocycles. The number of aryl methyl sites for hydroxylation is 1. The van der Waals surface area contributed by atoms with Gasteiger partial charge in [0.15, 0.2) is 0 Å². The van der Waals surface area contributed by atoms with Crippen LogP contribution in [-0.4, -0.2) is 18.9 Å². The highest BCUT2D eigenvalue weighted by atomic mass is 79.9. The summed E-state index contributed by atoms with van der Waals surface area (Å²) in [5.41, 5.74) is 0.217. The van der Waals surface area contributed by atoms with Gasteiger partial charge in [-0.3, -0.25) is 0 Å². The molecule has 1 aromatic heterocycles. The Balaban J connectivity index is 3.13. The van der Waals surface area contributed by atoms with Crippen LogP contribution in [0.1, 0.15) is 23.4 Å². The van der Waals surface area contributed by atoms with E-state index in [1.54, 1.807) is 13.8 Å². The molecule has 1 atom stereocenters. The van der Waals surface area contributed by atoms with E-state index in [0.29, 0.717) is 8.66 Å². The predicted octanol–water partition coefficient (Wildman–Crippen LogP) is 4.37. The van der Waals surface area contributed by atoms with Crippen molar-refractivity contribution in [3.8, 4) is 0 Å². The van der Waals surface area contributed by atoms with E-state index in [0.717, 1.165) is 0 Å². The van der Waals surface area contributed by atoms with E-state index in [1.807, 2.05) is 0 Å². The minimum Gasteiger partial charge on any atom is -0.305 e. The fourth-order valence-corrected chi connectivity index (χ4v) is 3.28. The van der Waals surface area contributed by atoms with Crippen LogP contribution in [0.2, 0.25) is 0 Å². The summed E-state index contributed by atoms with van der Waals surface area (Å²) >= 11 is 4.41. The zero-order chi connectivity index (χ0) is 13.2. The molecule has 17 heavy (non-hydrogen) atoms. The van der Waals surface area contributed by atoms with Crippen LogP contribution in [-0.2, 0) is 0 Å². The SMILES string of the molecule is CCNC(c1cc(Br)sc1C)C(F)(F)C(F)F. The van der Waals surface area contributed by atoms with E-state index in [2.05, 4.69) is 21.2 Å². The molecule has 0 radical (unpaired) electrons. The quantitative estimate of drug-likeness (QED) is 0.789. The Kier molecular flexibility index (Phi) is 4.97. The minimum absolute atomic E-state index is 0.194. The first-order chi connectivity index (χ1) is 7.80. The summed E-state index contributed by atoms with van der Waals surface area (Å²) in [5, 5.41) is 2.43. The highest BCUT2D eigenvalue weighted by molar-refractivity contribution is 9.11. The van der Waals surface area contributed by atoms with Crippen LogP contribution in [0, 0.1) is 6.92 Å². The molecule has 98 valence electrons. The van der Waals surface area contributed by atoms with Gasteiger partial charge in [0.05, 0.1) is 3.79 Å². The third-order valence-corrected chi connectivity index (χ3v) is 3.89. The third-order valence-electron chi connectivity index (χ3n) is 2.32. The Labute approximate surface area is 109 Å². The number of halogens is 5. The summed E-state index contributed by atoms with van der Waals surface area (Å²) < 4.78 is 52.4.